The first-order chi connectivity index (χ1) is 11.5. The molecule has 0 bridgehead atoms. The van der Waals surface area contributed by atoms with Gasteiger partial charge in [0.1, 0.15) is 5.78 Å². The fraction of sp³-hybridized carbons (Fsp3) is 0.952. The summed E-state index contributed by atoms with van der Waals surface area (Å²) in [7, 11) is 1.70. The normalized spacial score (nSPS) is 58.5. The molecule has 5 saturated carbocycles. The highest BCUT2D eigenvalue weighted by atomic mass is 16.5. The number of carbonyl (C=O) groups excluding carboxylic acids is 1. The molecule has 5 aliphatic rings. The van der Waals surface area contributed by atoms with Crippen LogP contribution < -0.4 is 0 Å². The maximum Gasteiger partial charge on any atom is 0.142 e. The van der Waals surface area contributed by atoms with E-state index < -0.39 is 5.60 Å². The van der Waals surface area contributed by atoms with Crippen LogP contribution in [0.4, 0.5) is 0 Å². The van der Waals surface area contributed by atoms with E-state index in [0.29, 0.717) is 30.1 Å². The molecule has 0 aromatic carbocycles. The average Bonchev–Trinajstić information content (AvgIpc) is 3.29. The molecule has 134 valence electrons. The minimum Gasteiger partial charge on any atom is -0.387 e. The van der Waals surface area contributed by atoms with Crippen LogP contribution in [0.5, 0.6) is 0 Å². The number of fused-ring (bicyclic) bond motifs is 7. The van der Waals surface area contributed by atoms with Crippen LogP contribution in [0, 0.1) is 46.8 Å². The topological polar surface area (TPSA) is 46.5 Å². The van der Waals surface area contributed by atoms with Gasteiger partial charge in [-0.1, -0.05) is 6.92 Å². The van der Waals surface area contributed by atoms with Crippen molar-refractivity contribution in [3.8, 4) is 0 Å². The molecule has 0 aromatic heterocycles. The minimum atomic E-state index is -0.586. The first-order valence-corrected chi connectivity index (χ1v) is 10.2. The molecule has 24 heavy (non-hydrogen) atoms. The predicted octanol–water partition coefficient (Wildman–Crippen LogP) is 3.44. The van der Waals surface area contributed by atoms with Crippen LogP contribution in [0.15, 0.2) is 0 Å². The molecule has 3 heteroatoms. The molecule has 5 aliphatic carbocycles. The summed E-state index contributed by atoms with van der Waals surface area (Å²) < 4.78 is 5.28. The van der Waals surface area contributed by atoms with E-state index in [4.69, 9.17) is 4.74 Å². The van der Waals surface area contributed by atoms with Gasteiger partial charge in [-0.05, 0) is 86.9 Å². The second-order valence-corrected chi connectivity index (χ2v) is 10.1. The number of aliphatic hydroxyl groups is 1. The summed E-state index contributed by atoms with van der Waals surface area (Å²) in [5.74, 6) is 5.57. The zero-order valence-electron chi connectivity index (χ0n) is 15.2. The Morgan fingerprint density at radius 3 is 2.67 bits per heavy atom. The molecule has 5 rings (SSSR count). The Labute approximate surface area is 145 Å². The lowest BCUT2D eigenvalue weighted by Gasteiger charge is -2.56. The van der Waals surface area contributed by atoms with Gasteiger partial charge in [0.25, 0.3) is 0 Å². The Hall–Kier alpha value is -0.410. The van der Waals surface area contributed by atoms with E-state index >= 15 is 0 Å². The van der Waals surface area contributed by atoms with E-state index in [1.807, 2.05) is 0 Å². The van der Waals surface area contributed by atoms with Gasteiger partial charge in [0.15, 0.2) is 0 Å². The van der Waals surface area contributed by atoms with Crippen molar-refractivity contribution in [2.45, 2.75) is 63.9 Å². The van der Waals surface area contributed by atoms with Crippen LogP contribution in [0.1, 0.15) is 58.3 Å². The summed E-state index contributed by atoms with van der Waals surface area (Å²) in [5.41, 5.74) is -0.566. The van der Waals surface area contributed by atoms with Gasteiger partial charge in [-0.3, -0.25) is 4.79 Å². The van der Waals surface area contributed by atoms with E-state index in [-0.39, 0.29) is 5.41 Å². The third-order valence-corrected chi connectivity index (χ3v) is 8.97. The maximum absolute atomic E-state index is 12.8. The smallest absolute Gasteiger partial charge is 0.142 e. The lowest BCUT2D eigenvalue weighted by Crippen LogP contribution is -2.52. The summed E-state index contributed by atoms with van der Waals surface area (Å²) in [6, 6.07) is 0. The highest BCUT2D eigenvalue weighted by Crippen LogP contribution is 2.70. The van der Waals surface area contributed by atoms with Crippen LogP contribution >= 0.6 is 0 Å². The lowest BCUT2D eigenvalue weighted by molar-refractivity contribution is -0.142. The van der Waals surface area contributed by atoms with Crippen LogP contribution in [0.2, 0.25) is 0 Å². The minimum absolute atomic E-state index is 0.0209. The quantitative estimate of drug-likeness (QED) is 0.842. The molecule has 0 aromatic rings. The van der Waals surface area contributed by atoms with Gasteiger partial charge >= 0.3 is 0 Å². The van der Waals surface area contributed by atoms with Crippen LogP contribution in [0.25, 0.3) is 0 Å². The summed E-state index contributed by atoms with van der Waals surface area (Å²) >= 11 is 0. The van der Waals surface area contributed by atoms with E-state index in [1.54, 1.807) is 7.11 Å². The third kappa shape index (κ3) is 2.00. The molecule has 0 heterocycles. The van der Waals surface area contributed by atoms with Gasteiger partial charge < -0.3 is 9.84 Å². The second kappa shape index (κ2) is 5.07. The number of methoxy groups -OCH3 is 1. The van der Waals surface area contributed by atoms with Crippen molar-refractivity contribution >= 4 is 5.78 Å². The summed E-state index contributed by atoms with van der Waals surface area (Å²) in [6.07, 6.45) is 9.14. The number of hydrogen-bond acceptors (Lipinski definition) is 3. The Balaban J connectivity index is 1.37. The van der Waals surface area contributed by atoms with E-state index in [1.165, 1.54) is 25.7 Å². The summed E-state index contributed by atoms with van der Waals surface area (Å²) in [6.45, 7) is 2.79. The van der Waals surface area contributed by atoms with Crippen molar-refractivity contribution in [1.82, 2.24) is 0 Å². The van der Waals surface area contributed by atoms with Gasteiger partial charge in [0.05, 0.1) is 12.2 Å². The number of ether oxygens (including phenoxy) is 1. The molecule has 3 unspecified atom stereocenters. The van der Waals surface area contributed by atoms with E-state index in [9.17, 15) is 9.90 Å². The molecular formula is C21H32O3. The Morgan fingerprint density at radius 2 is 1.88 bits per heavy atom. The summed E-state index contributed by atoms with van der Waals surface area (Å²) in [5, 5.41) is 10.8. The molecule has 0 saturated heterocycles. The number of hydrogen-bond donors (Lipinski definition) is 1. The Bertz CT molecular complexity index is 559. The number of Topliss-reactive ketones (excluding diaryl/α,β-unsaturated/α-hetero) is 1. The van der Waals surface area contributed by atoms with Crippen molar-refractivity contribution in [3.63, 3.8) is 0 Å². The standard InChI is InChI=1S/C21H32O3/c1-20-7-5-14-13-6-8-21(23,11-24-2)10-12(13)3-4-15(14)18(20)16-9-17(16)19(20)22/h12-18,23H,3-11H2,1-2H3/t12-,13+,14?,15-,16?,17?,18-,20+,21-/m1/s1. The van der Waals surface area contributed by atoms with Gasteiger partial charge in [-0.15, -0.1) is 0 Å². The lowest BCUT2D eigenvalue weighted by atomic mass is 9.49. The van der Waals surface area contributed by atoms with Gasteiger partial charge in [-0.25, -0.2) is 0 Å². The van der Waals surface area contributed by atoms with Gasteiger partial charge in [0, 0.05) is 18.4 Å². The van der Waals surface area contributed by atoms with Crippen LogP contribution in [-0.2, 0) is 9.53 Å². The predicted molar refractivity (Wildman–Crippen MR) is 91.3 cm³/mol. The van der Waals surface area contributed by atoms with Crippen molar-refractivity contribution in [2.75, 3.05) is 13.7 Å². The van der Waals surface area contributed by atoms with Crippen LogP contribution in [0.3, 0.4) is 0 Å². The SMILES string of the molecule is COC[C@@]1(O)CC[C@@H]2C3CC[C@]4(C)C(=O)C5CC5[C@H]4[C@@H]3CC[C@@H]2C1. The molecule has 0 aliphatic heterocycles. The monoisotopic (exact) mass is 332 g/mol. The molecule has 3 nitrogen and oxygen atoms in total. The molecule has 0 radical (unpaired) electrons. The third-order valence-electron chi connectivity index (χ3n) is 8.97. The van der Waals surface area contributed by atoms with Crippen LogP contribution in [-0.4, -0.2) is 30.2 Å². The molecule has 1 N–H and O–H groups in total. The molecule has 5 fully saturated rings. The molecule has 0 amide bonds. The largest absolute Gasteiger partial charge is 0.387 e. The zero-order chi connectivity index (χ0) is 16.7. The van der Waals surface area contributed by atoms with Crippen molar-refractivity contribution in [1.29, 1.82) is 0 Å². The number of carbonyl (C=O) groups is 1. The first-order valence-electron chi connectivity index (χ1n) is 10.2. The van der Waals surface area contributed by atoms with Gasteiger partial charge in [-0.2, -0.15) is 0 Å². The average molecular weight is 332 g/mol. The first kappa shape index (κ1) is 15.8. The van der Waals surface area contributed by atoms with Crippen molar-refractivity contribution in [3.05, 3.63) is 0 Å². The van der Waals surface area contributed by atoms with E-state index in [0.717, 1.165) is 49.4 Å². The fourth-order valence-corrected chi connectivity index (χ4v) is 8.02. The molecule has 0 spiro atoms. The fourth-order valence-electron chi connectivity index (χ4n) is 8.02. The summed E-state index contributed by atoms with van der Waals surface area (Å²) in [4.78, 5) is 12.8. The number of rotatable bonds is 2. The number of ketones is 1. The highest BCUT2D eigenvalue weighted by molar-refractivity contribution is 5.92. The molecular weight excluding hydrogens is 300 g/mol. The molecule has 9 atom stereocenters. The van der Waals surface area contributed by atoms with Gasteiger partial charge in [0.2, 0.25) is 0 Å². The van der Waals surface area contributed by atoms with Crippen molar-refractivity contribution < 1.29 is 14.6 Å². The maximum atomic E-state index is 12.8. The van der Waals surface area contributed by atoms with Crippen molar-refractivity contribution in [2.24, 2.45) is 46.8 Å². The Morgan fingerprint density at radius 1 is 1.08 bits per heavy atom. The highest BCUT2D eigenvalue weighted by Gasteiger charge is 2.69. The zero-order valence-corrected chi connectivity index (χ0v) is 15.2. The van der Waals surface area contributed by atoms with E-state index in [2.05, 4.69) is 6.92 Å². The Kier molecular flexibility index (Phi) is 3.34. The second-order valence-electron chi connectivity index (χ2n) is 10.1.